The van der Waals surface area contributed by atoms with Crippen LogP contribution < -0.4 is 14.8 Å². The number of hydrogen-bond acceptors (Lipinski definition) is 4. The highest BCUT2D eigenvalue weighted by molar-refractivity contribution is 6.37. The average Bonchev–Trinajstić information content (AvgIpc) is 3.12. The van der Waals surface area contributed by atoms with Crippen LogP contribution in [0.25, 0.3) is 0 Å². The molecule has 1 N–H and O–H groups in total. The lowest BCUT2D eigenvalue weighted by Gasteiger charge is -2.09. The lowest BCUT2D eigenvalue weighted by molar-refractivity contribution is 0.102. The fraction of sp³-hybridized carbons (Fsp3) is 0.158. The van der Waals surface area contributed by atoms with E-state index in [4.69, 9.17) is 32.7 Å². The molecule has 3 rings (SSSR count). The van der Waals surface area contributed by atoms with E-state index in [-0.39, 0.29) is 18.3 Å². The number of amides is 1. The van der Waals surface area contributed by atoms with Crippen LogP contribution in [0, 0.1) is 0 Å². The van der Waals surface area contributed by atoms with E-state index in [1.54, 1.807) is 54.7 Å². The number of carbonyl (C=O) groups excluding carboxylic acids is 1. The van der Waals surface area contributed by atoms with Crippen LogP contribution in [-0.4, -0.2) is 22.3 Å². The topological polar surface area (TPSA) is 65.4 Å². The van der Waals surface area contributed by atoms with Gasteiger partial charge in [0, 0.05) is 11.9 Å². The molecule has 140 valence electrons. The molecule has 0 radical (unpaired) electrons. The lowest BCUT2D eigenvalue weighted by atomic mass is 10.3. The third-order valence-electron chi connectivity index (χ3n) is 3.56. The fourth-order valence-corrected chi connectivity index (χ4v) is 2.81. The van der Waals surface area contributed by atoms with Crippen molar-refractivity contribution in [2.75, 3.05) is 11.9 Å². The Labute approximate surface area is 166 Å². The molecule has 0 spiro atoms. The van der Waals surface area contributed by atoms with Gasteiger partial charge in [0.1, 0.15) is 5.75 Å². The Morgan fingerprint density at radius 2 is 1.78 bits per heavy atom. The quantitative estimate of drug-likeness (QED) is 0.608. The number of ether oxygens (including phenoxy) is 2. The third-order valence-corrected chi connectivity index (χ3v) is 4.15. The van der Waals surface area contributed by atoms with Crippen molar-refractivity contribution in [2.24, 2.45) is 0 Å². The van der Waals surface area contributed by atoms with Gasteiger partial charge in [0.2, 0.25) is 0 Å². The summed E-state index contributed by atoms with van der Waals surface area (Å²) in [4.78, 5) is 12.3. The summed E-state index contributed by atoms with van der Waals surface area (Å²) in [6.45, 7) is 2.57. The van der Waals surface area contributed by atoms with Gasteiger partial charge in [-0.1, -0.05) is 29.3 Å². The number of benzene rings is 2. The second kappa shape index (κ2) is 8.79. The highest BCUT2D eigenvalue weighted by Crippen LogP contribution is 2.32. The summed E-state index contributed by atoms with van der Waals surface area (Å²) in [5, 5.41) is 7.79. The molecule has 1 aromatic heterocycles. The molecular weight excluding hydrogens is 389 g/mol. The van der Waals surface area contributed by atoms with Crippen molar-refractivity contribution in [1.29, 1.82) is 0 Å². The number of hydrogen-bond donors (Lipinski definition) is 1. The SMILES string of the molecule is CCOc1ccc(NC(=O)c2ccn(COc3c(Cl)cccc3Cl)n2)cc1. The zero-order valence-electron chi connectivity index (χ0n) is 14.5. The van der Waals surface area contributed by atoms with Crippen molar-refractivity contribution in [3.05, 3.63) is 70.5 Å². The Morgan fingerprint density at radius 3 is 2.44 bits per heavy atom. The maximum atomic E-state index is 12.3. The summed E-state index contributed by atoms with van der Waals surface area (Å²) < 4.78 is 12.4. The number of anilines is 1. The van der Waals surface area contributed by atoms with E-state index in [0.29, 0.717) is 28.1 Å². The van der Waals surface area contributed by atoms with Crippen LogP contribution in [0.2, 0.25) is 10.0 Å². The number of para-hydroxylation sites is 1. The second-order valence-corrected chi connectivity index (χ2v) is 6.29. The summed E-state index contributed by atoms with van der Waals surface area (Å²) in [7, 11) is 0. The van der Waals surface area contributed by atoms with E-state index in [1.165, 1.54) is 4.68 Å². The van der Waals surface area contributed by atoms with Crippen LogP contribution in [0.15, 0.2) is 54.7 Å². The molecule has 0 aliphatic carbocycles. The summed E-state index contributed by atoms with van der Waals surface area (Å²) in [5.74, 6) is 0.792. The first kappa shape index (κ1) is 19.1. The third kappa shape index (κ3) is 4.93. The Bertz CT molecular complexity index is 906. The van der Waals surface area contributed by atoms with Crippen molar-refractivity contribution >= 4 is 34.8 Å². The van der Waals surface area contributed by atoms with Crippen LogP contribution in [0.1, 0.15) is 17.4 Å². The number of carbonyl (C=O) groups is 1. The molecule has 8 heteroatoms. The first-order valence-electron chi connectivity index (χ1n) is 8.21. The van der Waals surface area contributed by atoms with Crippen LogP contribution in [0.4, 0.5) is 5.69 Å². The maximum Gasteiger partial charge on any atom is 0.276 e. The molecule has 0 fully saturated rings. The van der Waals surface area contributed by atoms with Gasteiger partial charge >= 0.3 is 0 Å². The Hall–Kier alpha value is -2.70. The summed E-state index contributed by atoms with van der Waals surface area (Å²) >= 11 is 12.1. The van der Waals surface area contributed by atoms with Crippen LogP contribution in [0.3, 0.4) is 0 Å². The molecule has 3 aromatic rings. The zero-order valence-corrected chi connectivity index (χ0v) is 16.0. The largest absolute Gasteiger partial charge is 0.494 e. The molecule has 0 saturated carbocycles. The van der Waals surface area contributed by atoms with E-state index in [2.05, 4.69) is 10.4 Å². The number of aromatic nitrogens is 2. The van der Waals surface area contributed by atoms with Crippen molar-refractivity contribution in [2.45, 2.75) is 13.7 Å². The van der Waals surface area contributed by atoms with Gasteiger partial charge in [0.25, 0.3) is 5.91 Å². The molecule has 1 amide bonds. The summed E-state index contributed by atoms with van der Waals surface area (Å²) in [6.07, 6.45) is 1.64. The standard InChI is InChI=1S/C19H17Cl2N3O3/c1-2-26-14-8-6-13(7-9-14)22-19(25)17-10-11-24(23-17)12-27-18-15(20)4-3-5-16(18)21/h3-11H,2,12H2,1H3,(H,22,25). The minimum atomic E-state index is -0.325. The van der Waals surface area contributed by atoms with Gasteiger partial charge in [-0.2, -0.15) is 5.10 Å². The van der Waals surface area contributed by atoms with Crippen LogP contribution in [-0.2, 0) is 6.73 Å². The molecule has 2 aromatic carbocycles. The van der Waals surface area contributed by atoms with Crippen molar-refractivity contribution in [3.63, 3.8) is 0 Å². The highest BCUT2D eigenvalue weighted by Gasteiger charge is 2.11. The number of rotatable bonds is 7. The molecule has 0 unspecified atom stereocenters. The van der Waals surface area contributed by atoms with Gasteiger partial charge < -0.3 is 14.8 Å². The molecule has 27 heavy (non-hydrogen) atoms. The van der Waals surface area contributed by atoms with Gasteiger partial charge in [-0.05, 0) is 49.4 Å². The van der Waals surface area contributed by atoms with Gasteiger partial charge in [0.05, 0.1) is 16.7 Å². The molecule has 6 nitrogen and oxygen atoms in total. The van der Waals surface area contributed by atoms with Gasteiger partial charge in [-0.25, -0.2) is 4.68 Å². The Kier molecular flexibility index (Phi) is 6.21. The van der Waals surface area contributed by atoms with Gasteiger partial charge in [-0.15, -0.1) is 0 Å². The lowest BCUT2D eigenvalue weighted by Crippen LogP contribution is -2.14. The van der Waals surface area contributed by atoms with Gasteiger partial charge in [0.15, 0.2) is 18.2 Å². The highest BCUT2D eigenvalue weighted by atomic mass is 35.5. The smallest absolute Gasteiger partial charge is 0.276 e. The second-order valence-electron chi connectivity index (χ2n) is 5.48. The molecular formula is C19H17Cl2N3O3. The molecule has 1 heterocycles. The first-order chi connectivity index (χ1) is 13.1. The van der Waals surface area contributed by atoms with Gasteiger partial charge in [-0.3, -0.25) is 4.79 Å². The van der Waals surface area contributed by atoms with Crippen molar-refractivity contribution < 1.29 is 14.3 Å². The van der Waals surface area contributed by atoms with E-state index in [9.17, 15) is 4.79 Å². The van der Waals surface area contributed by atoms with Crippen LogP contribution >= 0.6 is 23.2 Å². The first-order valence-corrected chi connectivity index (χ1v) is 8.97. The molecule has 0 bridgehead atoms. The summed E-state index contributed by atoms with van der Waals surface area (Å²) in [6, 6.07) is 13.8. The average molecular weight is 406 g/mol. The van der Waals surface area contributed by atoms with Crippen molar-refractivity contribution in [1.82, 2.24) is 9.78 Å². The normalized spacial score (nSPS) is 10.5. The maximum absolute atomic E-state index is 12.3. The monoisotopic (exact) mass is 405 g/mol. The number of halogens is 2. The zero-order chi connectivity index (χ0) is 19.2. The Morgan fingerprint density at radius 1 is 1.07 bits per heavy atom. The van der Waals surface area contributed by atoms with Crippen molar-refractivity contribution in [3.8, 4) is 11.5 Å². The molecule has 0 aliphatic heterocycles. The predicted octanol–water partition coefficient (Wildman–Crippen LogP) is 4.88. The molecule has 0 aliphatic rings. The number of nitrogens with one attached hydrogen (secondary N) is 1. The number of nitrogens with zero attached hydrogens (tertiary/aromatic N) is 2. The Balaban J connectivity index is 1.60. The van der Waals surface area contributed by atoms with E-state index >= 15 is 0 Å². The minimum absolute atomic E-state index is 0.0692. The van der Waals surface area contributed by atoms with Crippen LogP contribution in [0.5, 0.6) is 11.5 Å². The molecule has 0 atom stereocenters. The fourth-order valence-electron chi connectivity index (χ4n) is 2.30. The predicted molar refractivity (Wildman–Crippen MR) is 105 cm³/mol. The molecule has 0 saturated heterocycles. The summed E-state index contributed by atoms with van der Waals surface area (Å²) in [5.41, 5.74) is 0.912. The minimum Gasteiger partial charge on any atom is -0.494 e. The van der Waals surface area contributed by atoms with E-state index in [1.807, 2.05) is 6.92 Å². The van der Waals surface area contributed by atoms with E-state index in [0.717, 1.165) is 5.75 Å². The van der Waals surface area contributed by atoms with E-state index < -0.39 is 0 Å².